The first-order valence-corrected chi connectivity index (χ1v) is 8.09. The van der Waals surface area contributed by atoms with Gasteiger partial charge in [0.1, 0.15) is 11.8 Å². The van der Waals surface area contributed by atoms with Gasteiger partial charge in [-0.05, 0) is 24.6 Å². The first-order valence-electron chi connectivity index (χ1n) is 7.71. The molecule has 130 valence electrons. The highest BCUT2D eigenvalue weighted by Crippen LogP contribution is 2.16. The number of nitrogens with one attached hydrogen (secondary N) is 1. The summed E-state index contributed by atoms with van der Waals surface area (Å²) in [7, 11) is 1.63. The topological polar surface area (TPSA) is 74.0 Å². The maximum atomic E-state index is 12.3. The summed E-state index contributed by atoms with van der Waals surface area (Å²) in [5.74, 6) is 0.602. The van der Waals surface area contributed by atoms with Gasteiger partial charge in [0.15, 0.2) is 0 Å². The van der Waals surface area contributed by atoms with Crippen LogP contribution in [0.3, 0.4) is 0 Å². The Morgan fingerprint density at radius 2 is 2.16 bits per heavy atom. The maximum absolute atomic E-state index is 12.3. The van der Waals surface area contributed by atoms with Gasteiger partial charge in [-0.2, -0.15) is 10.2 Å². The maximum Gasteiger partial charge on any atom is 0.249 e. The van der Waals surface area contributed by atoms with E-state index >= 15 is 0 Å². The third-order valence-corrected chi connectivity index (χ3v) is 3.92. The molecular weight excluding hydrogens is 342 g/mol. The highest BCUT2D eigenvalue weighted by Gasteiger charge is 2.16. The molecule has 0 aliphatic carbocycles. The number of hydrogen-bond donors (Lipinski definition) is 1. The van der Waals surface area contributed by atoms with E-state index in [4.69, 9.17) is 16.3 Å². The molecule has 0 bridgehead atoms. The third kappa shape index (κ3) is 4.19. The fourth-order valence-electron chi connectivity index (χ4n) is 2.37. The Kier molecular flexibility index (Phi) is 5.04. The van der Waals surface area contributed by atoms with Crippen molar-refractivity contribution in [2.75, 3.05) is 12.4 Å². The molecule has 0 saturated heterocycles. The van der Waals surface area contributed by atoms with E-state index in [1.54, 1.807) is 37.3 Å². The Balaban J connectivity index is 1.64. The number of aromatic nitrogens is 4. The Hall–Kier alpha value is -2.80. The van der Waals surface area contributed by atoms with Crippen molar-refractivity contribution in [2.45, 2.75) is 19.5 Å². The summed E-state index contributed by atoms with van der Waals surface area (Å²) in [6, 6.07) is 7.28. The number of nitrogens with zero attached hydrogens (tertiary/aromatic N) is 4. The monoisotopic (exact) mass is 359 g/mol. The molecular formula is C17H18ClN5O2. The van der Waals surface area contributed by atoms with Gasteiger partial charge >= 0.3 is 0 Å². The second-order valence-corrected chi connectivity index (χ2v) is 6.02. The summed E-state index contributed by atoms with van der Waals surface area (Å²) in [5.41, 5.74) is 1.68. The Bertz CT molecular complexity index is 873. The van der Waals surface area contributed by atoms with Crippen LogP contribution in [0, 0.1) is 0 Å². The van der Waals surface area contributed by atoms with Crippen molar-refractivity contribution >= 4 is 23.2 Å². The molecule has 2 heterocycles. The van der Waals surface area contributed by atoms with Crippen LogP contribution in [0.1, 0.15) is 18.5 Å². The number of anilines is 1. The van der Waals surface area contributed by atoms with Crippen molar-refractivity contribution in [3.8, 4) is 5.75 Å². The number of hydrogen-bond acceptors (Lipinski definition) is 4. The lowest BCUT2D eigenvalue weighted by Gasteiger charge is -2.11. The van der Waals surface area contributed by atoms with Crippen LogP contribution in [0.4, 0.5) is 5.69 Å². The van der Waals surface area contributed by atoms with Crippen LogP contribution in [0.2, 0.25) is 5.02 Å². The minimum absolute atomic E-state index is 0.194. The minimum Gasteiger partial charge on any atom is -0.497 e. The second kappa shape index (κ2) is 7.40. The zero-order valence-corrected chi connectivity index (χ0v) is 14.6. The third-order valence-electron chi connectivity index (χ3n) is 3.73. The lowest BCUT2D eigenvalue weighted by molar-refractivity contribution is -0.119. The number of rotatable bonds is 6. The van der Waals surface area contributed by atoms with Crippen molar-refractivity contribution in [1.82, 2.24) is 19.6 Å². The van der Waals surface area contributed by atoms with Crippen LogP contribution in [0.5, 0.6) is 5.75 Å². The molecule has 0 aliphatic rings. The summed E-state index contributed by atoms with van der Waals surface area (Å²) in [6.45, 7) is 2.33. The lowest BCUT2D eigenvalue weighted by Crippen LogP contribution is -2.23. The van der Waals surface area contributed by atoms with Gasteiger partial charge in [0.05, 0.1) is 36.8 Å². The van der Waals surface area contributed by atoms with Crippen molar-refractivity contribution < 1.29 is 9.53 Å². The lowest BCUT2D eigenvalue weighted by atomic mass is 10.2. The molecule has 0 aliphatic heterocycles. The van der Waals surface area contributed by atoms with E-state index in [1.807, 2.05) is 24.3 Å². The zero-order chi connectivity index (χ0) is 17.8. The fraction of sp³-hybridized carbons (Fsp3) is 0.235. The summed E-state index contributed by atoms with van der Waals surface area (Å²) < 4.78 is 8.48. The number of carbonyl (C=O) groups is 1. The summed E-state index contributed by atoms with van der Waals surface area (Å²) >= 11 is 5.83. The molecule has 8 heteroatoms. The molecule has 0 fully saturated rings. The molecule has 3 rings (SSSR count). The highest BCUT2D eigenvalue weighted by atomic mass is 35.5. The van der Waals surface area contributed by atoms with Crippen LogP contribution in [-0.4, -0.2) is 32.6 Å². The van der Waals surface area contributed by atoms with E-state index < -0.39 is 6.04 Å². The summed E-state index contributed by atoms with van der Waals surface area (Å²) in [4.78, 5) is 12.3. The zero-order valence-electron chi connectivity index (χ0n) is 13.9. The van der Waals surface area contributed by atoms with Gasteiger partial charge in [-0.15, -0.1) is 0 Å². The number of carbonyl (C=O) groups excluding carboxylic acids is 1. The SMILES string of the molecule is COc1cccc(Cn2cc(NC(=O)C(C)n3cc(Cl)cn3)cn2)c1. The van der Waals surface area contributed by atoms with E-state index in [9.17, 15) is 4.79 Å². The van der Waals surface area contributed by atoms with Gasteiger partial charge in [0.2, 0.25) is 5.91 Å². The summed E-state index contributed by atoms with van der Waals surface area (Å²) in [6.07, 6.45) is 6.50. The Morgan fingerprint density at radius 1 is 1.32 bits per heavy atom. The second-order valence-electron chi connectivity index (χ2n) is 5.58. The Morgan fingerprint density at radius 3 is 2.88 bits per heavy atom. The van der Waals surface area contributed by atoms with Crippen molar-refractivity contribution in [2.24, 2.45) is 0 Å². The largest absolute Gasteiger partial charge is 0.497 e. The van der Waals surface area contributed by atoms with Crippen LogP contribution >= 0.6 is 11.6 Å². The molecule has 1 atom stereocenters. The van der Waals surface area contributed by atoms with E-state index in [0.29, 0.717) is 17.3 Å². The molecule has 1 amide bonds. The van der Waals surface area contributed by atoms with E-state index in [-0.39, 0.29) is 5.91 Å². The van der Waals surface area contributed by atoms with Gasteiger partial charge in [0.25, 0.3) is 0 Å². The molecule has 0 saturated carbocycles. The van der Waals surface area contributed by atoms with E-state index in [0.717, 1.165) is 11.3 Å². The van der Waals surface area contributed by atoms with Crippen LogP contribution < -0.4 is 10.1 Å². The van der Waals surface area contributed by atoms with E-state index in [1.165, 1.54) is 10.9 Å². The minimum atomic E-state index is -0.478. The standard InChI is InChI=1S/C17H18ClN5O2/c1-12(23-10-14(18)7-20-23)17(24)21-15-8-19-22(11-15)9-13-4-3-5-16(6-13)25-2/h3-8,10-12H,9H2,1-2H3,(H,21,24). The fourth-order valence-corrected chi connectivity index (χ4v) is 2.51. The molecule has 1 unspecified atom stereocenters. The molecule has 2 aromatic heterocycles. The van der Waals surface area contributed by atoms with Gasteiger partial charge in [-0.1, -0.05) is 23.7 Å². The number of halogens is 1. The molecule has 0 radical (unpaired) electrons. The normalized spacial score (nSPS) is 12.0. The molecule has 3 aromatic rings. The van der Waals surface area contributed by atoms with E-state index in [2.05, 4.69) is 15.5 Å². The predicted molar refractivity (Wildman–Crippen MR) is 94.9 cm³/mol. The van der Waals surface area contributed by atoms with Crippen LogP contribution in [0.15, 0.2) is 49.1 Å². The van der Waals surface area contributed by atoms with Crippen molar-refractivity contribution in [3.05, 3.63) is 59.6 Å². The quantitative estimate of drug-likeness (QED) is 0.734. The van der Waals surface area contributed by atoms with Gasteiger partial charge in [-0.3, -0.25) is 14.2 Å². The number of ether oxygens (including phenoxy) is 1. The number of amides is 1. The van der Waals surface area contributed by atoms with Gasteiger partial charge < -0.3 is 10.1 Å². The molecule has 0 spiro atoms. The number of methoxy groups -OCH3 is 1. The molecule has 7 nitrogen and oxygen atoms in total. The summed E-state index contributed by atoms with van der Waals surface area (Å²) in [5, 5.41) is 11.6. The first-order chi connectivity index (χ1) is 12.0. The number of benzene rings is 1. The predicted octanol–water partition coefficient (Wildman–Crippen LogP) is 2.99. The molecule has 25 heavy (non-hydrogen) atoms. The highest BCUT2D eigenvalue weighted by molar-refractivity contribution is 6.30. The van der Waals surface area contributed by atoms with Gasteiger partial charge in [0, 0.05) is 12.4 Å². The van der Waals surface area contributed by atoms with Crippen molar-refractivity contribution in [1.29, 1.82) is 0 Å². The average Bonchev–Trinajstić information content (AvgIpc) is 3.23. The molecule has 1 N–H and O–H groups in total. The smallest absolute Gasteiger partial charge is 0.249 e. The average molecular weight is 360 g/mol. The van der Waals surface area contributed by atoms with Gasteiger partial charge in [-0.25, -0.2) is 0 Å². The van der Waals surface area contributed by atoms with Crippen LogP contribution in [0.25, 0.3) is 0 Å². The Labute approximate surface area is 150 Å². The first kappa shape index (κ1) is 17.0. The van der Waals surface area contributed by atoms with Crippen molar-refractivity contribution in [3.63, 3.8) is 0 Å². The molecule has 1 aromatic carbocycles. The van der Waals surface area contributed by atoms with Crippen LogP contribution in [-0.2, 0) is 11.3 Å².